The molecular weight excluding hydrogens is 354 g/mol. The van der Waals surface area contributed by atoms with Gasteiger partial charge in [0.05, 0.1) is 20.6 Å². The highest BCUT2D eigenvalue weighted by atomic mass is 16.5. The van der Waals surface area contributed by atoms with E-state index in [1.54, 1.807) is 14.2 Å². The molecule has 1 aliphatic rings. The molecular formula is C22H31N3O3. The topological polar surface area (TPSA) is 57.8 Å². The summed E-state index contributed by atoms with van der Waals surface area (Å²) in [6.45, 7) is 3.57. The maximum atomic E-state index is 12.7. The van der Waals surface area contributed by atoms with Crippen LogP contribution in [0.2, 0.25) is 0 Å². The first kappa shape index (κ1) is 20.3. The number of ether oxygens (including phenoxy) is 2. The van der Waals surface area contributed by atoms with E-state index in [0.717, 1.165) is 56.8 Å². The predicted molar refractivity (Wildman–Crippen MR) is 110 cm³/mol. The molecule has 0 aliphatic carbocycles. The zero-order valence-corrected chi connectivity index (χ0v) is 17.2. The molecule has 1 aromatic carbocycles. The number of aromatic amines is 1. The second kappa shape index (κ2) is 9.64. The molecule has 0 radical (unpaired) electrons. The van der Waals surface area contributed by atoms with Crippen LogP contribution in [0.25, 0.3) is 0 Å². The van der Waals surface area contributed by atoms with Crippen molar-refractivity contribution in [2.75, 3.05) is 47.4 Å². The van der Waals surface area contributed by atoms with Crippen LogP contribution in [0.15, 0.2) is 30.6 Å². The van der Waals surface area contributed by atoms with Crippen LogP contribution in [-0.2, 0) is 24.1 Å². The van der Waals surface area contributed by atoms with E-state index in [9.17, 15) is 4.79 Å². The second-order valence-corrected chi connectivity index (χ2v) is 7.41. The lowest BCUT2D eigenvalue weighted by Gasteiger charge is -2.22. The molecule has 1 N–H and O–H groups in total. The van der Waals surface area contributed by atoms with Gasteiger partial charge in [0.25, 0.3) is 0 Å². The molecule has 0 saturated heterocycles. The Bertz CT molecular complexity index is 774. The molecule has 3 rings (SSSR count). The summed E-state index contributed by atoms with van der Waals surface area (Å²) >= 11 is 0. The molecule has 1 aliphatic heterocycles. The molecule has 6 heteroatoms. The van der Waals surface area contributed by atoms with Gasteiger partial charge in [-0.05, 0) is 67.7 Å². The van der Waals surface area contributed by atoms with Crippen molar-refractivity contribution >= 4 is 5.91 Å². The Balaban J connectivity index is 1.50. The molecule has 2 aromatic rings. The summed E-state index contributed by atoms with van der Waals surface area (Å²) in [5.41, 5.74) is 3.56. The number of benzene rings is 1. The first-order valence-electron chi connectivity index (χ1n) is 9.92. The lowest BCUT2D eigenvalue weighted by Crippen LogP contribution is -2.35. The van der Waals surface area contributed by atoms with E-state index in [-0.39, 0.29) is 5.91 Å². The fourth-order valence-electron chi connectivity index (χ4n) is 3.73. The number of carbonyl (C=O) groups excluding carboxylic acids is 1. The van der Waals surface area contributed by atoms with E-state index in [1.807, 2.05) is 29.4 Å². The fraction of sp³-hybridized carbons (Fsp3) is 0.500. The van der Waals surface area contributed by atoms with E-state index in [2.05, 4.69) is 23.0 Å². The minimum atomic E-state index is 0.195. The zero-order valence-electron chi connectivity index (χ0n) is 17.2. The van der Waals surface area contributed by atoms with Gasteiger partial charge in [0.2, 0.25) is 5.91 Å². The normalized spacial score (nSPS) is 14.1. The van der Waals surface area contributed by atoms with Crippen molar-refractivity contribution in [3.63, 3.8) is 0 Å². The summed E-state index contributed by atoms with van der Waals surface area (Å²) in [7, 11) is 5.41. The van der Waals surface area contributed by atoms with Crippen LogP contribution in [0.1, 0.15) is 23.1 Å². The van der Waals surface area contributed by atoms with Crippen LogP contribution in [0, 0.1) is 0 Å². The lowest BCUT2D eigenvalue weighted by atomic mass is 10.0. The average molecular weight is 386 g/mol. The number of rotatable bonds is 9. The summed E-state index contributed by atoms with van der Waals surface area (Å²) in [5.74, 6) is 1.61. The second-order valence-electron chi connectivity index (χ2n) is 7.41. The van der Waals surface area contributed by atoms with Gasteiger partial charge < -0.3 is 24.3 Å². The van der Waals surface area contributed by atoms with Crippen molar-refractivity contribution in [1.29, 1.82) is 0 Å². The molecule has 0 spiro atoms. The number of carbonyl (C=O) groups is 1. The summed E-state index contributed by atoms with van der Waals surface area (Å²) in [5, 5.41) is 0. The molecule has 6 nitrogen and oxygen atoms in total. The van der Waals surface area contributed by atoms with Crippen molar-refractivity contribution in [3.8, 4) is 11.5 Å². The third kappa shape index (κ3) is 5.07. The minimum Gasteiger partial charge on any atom is -0.493 e. The summed E-state index contributed by atoms with van der Waals surface area (Å²) in [6.07, 6.45) is 7.32. The molecule has 152 valence electrons. The van der Waals surface area contributed by atoms with Gasteiger partial charge in [-0.3, -0.25) is 4.79 Å². The summed E-state index contributed by atoms with van der Waals surface area (Å²) in [6, 6.07) is 6.08. The van der Waals surface area contributed by atoms with Gasteiger partial charge in [-0.25, -0.2) is 0 Å². The van der Waals surface area contributed by atoms with Crippen LogP contribution in [0.5, 0.6) is 11.5 Å². The Labute approximate surface area is 167 Å². The summed E-state index contributed by atoms with van der Waals surface area (Å²) in [4.78, 5) is 20.2. The lowest BCUT2D eigenvalue weighted by molar-refractivity contribution is -0.130. The Morgan fingerprint density at radius 1 is 1.14 bits per heavy atom. The van der Waals surface area contributed by atoms with E-state index in [1.165, 1.54) is 11.1 Å². The summed E-state index contributed by atoms with van der Waals surface area (Å²) < 4.78 is 10.8. The van der Waals surface area contributed by atoms with E-state index < -0.39 is 0 Å². The fourth-order valence-corrected chi connectivity index (χ4v) is 3.73. The zero-order chi connectivity index (χ0) is 19.9. The van der Waals surface area contributed by atoms with Gasteiger partial charge in [0, 0.05) is 32.0 Å². The molecule has 1 amide bonds. The number of hydrogen-bond acceptors (Lipinski definition) is 4. The van der Waals surface area contributed by atoms with Crippen LogP contribution >= 0.6 is 0 Å². The van der Waals surface area contributed by atoms with Gasteiger partial charge in [-0.2, -0.15) is 0 Å². The largest absolute Gasteiger partial charge is 0.493 e. The highest BCUT2D eigenvalue weighted by Gasteiger charge is 2.22. The Hall–Kier alpha value is -2.47. The first-order chi connectivity index (χ1) is 13.6. The molecule has 0 saturated carbocycles. The standard InChI is InChI=1S/C22H31N3O3/c1-24(11-6-17-5-8-23-16-17)9-4-10-25-12-7-18-13-20(27-2)21(28-3)14-19(18)15-22(25)26/h5,8,13-14,16,23H,4,6-7,9-12,15H2,1-3H3. The van der Waals surface area contributed by atoms with Crippen molar-refractivity contribution < 1.29 is 14.3 Å². The molecule has 0 atom stereocenters. The quantitative estimate of drug-likeness (QED) is 0.721. The van der Waals surface area contributed by atoms with E-state index in [4.69, 9.17) is 9.47 Å². The number of methoxy groups -OCH3 is 2. The van der Waals surface area contributed by atoms with Crippen molar-refractivity contribution in [2.45, 2.75) is 25.7 Å². The van der Waals surface area contributed by atoms with Gasteiger partial charge in [-0.1, -0.05) is 0 Å². The monoisotopic (exact) mass is 385 g/mol. The number of nitrogens with one attached hydrogen (secondary N) is 1. The van der Waals surface area contributed by atoms with Gasteiger partial charge in [0.15, 0.2) is 11.5 Å². The smallest absolute Gasteiger partial charge is 0.227 e. The number of likely N-dealkylation sites (N-methyl/N-ethyl adjacent to an activating group) is 1. The molecule has 1 aromatic heterocycles. The van der Waals surface area contributed by atoms with E-state index >= 15 is 0 Å². The van der Waals surface area contributed by atoms with Crippen LogP contribution in [0.4, 0.5) is 0 Å². The Morgan fingerprint density at radius 3 is 2.57 bits per heavy atom. The first-order valence-corrected chi connectivity index (χ1v) is 9.92. The average Bonchev–Trinajstić information content (AvgIpc) is 3.17. The van der Waals surface area contributed by atoms with Gasteiger partial charge >= 0.3 is 0 Å². The van der Waals surface area contributed by atoms with Crippen molar-refractivity contribution in [3.05, 3.63) is 47.3 Å². The molecule has 2 heterocycles. The van der Waals surface area contributed by atoms with E-state index in [0.29, 0.717) is 12.2 Å². The van der Waals surface area contributed by atoms with Crippen LogP contribution in [0.3, 0.4) is 0 Å². The van der Waals surface area contributed by atoms with Crippen molar-refractivity contribution in [2.24, 2.45) is 0 Å². The van der Waals surface area contributed by atoms with Crippen LogP contribution < -0.4 is 9.47 Å². The number of hydrogen-bond donors (Lipinski definition) is 1. The number of aromatic nitrogens is 1. The molecule has 0 unspecified atom stereocenters. The SMILES string of the molecule is COc1cc2c(cc1OC)CC(=O)N(CCCN(C)CCc1cc[nH]c1)CC2. The minimum absolute atomic E-state index is 0.195. The number of H-pyrrole nitrogens is 1. The van der Waals surface area contributed by atoms with Crippen molar-refractivity contribution in [1.82, 2.24) is 14.8 Å². The highest BCUT2D eigenvalue weighted by Crippen LogP contribution is 2.32. The number of fused-ring (bicyclic) bond motifs is 1. The maximum Gasteiger partial charge on any atom is 0.227 e. The maximum absolute atomic E-state index is 12.7. The Morgan fingerprint density at radius 2 is 1.89 bits per heavy atom. The number of amides is 1. The highest BCUT2D eigenvalue weighted by molar-refractivity contribution is 5.80. The molecule has 28 heavy (non-hydrogen) atoms. The van der Waals surface area contributed by atoms with Gasteiger partial charge in [-0.15, -0.1) is 0 Å². The predicted octanol–water partition coefficient (Wildman–Crippen LogP) is 2.52. The molecule has 0 bridgehead atoms. The Kier molecular flexibility index (Phi) is 6.98. The van der Waals surface area contributed by atoms with Crippen LogP contribution in [-0.4, -0.2) is 68.1 Å². The number of nitrogens with zero attached hydrogens (tertiary/aromatic N) is 2. The van der Waals surface area contributed by atoms with Gasteiger partial charge in [0.1, 0.15) is 0 Å². The third-order valence-electron chi connectivity index (χ3n) is 5.46. The molecule has 0 fully saturated rings. The third-order valence-corrected chi connectivity index (χ3v) is 5.46.